The normalized spacial score (nSPS) is 10.2. The quantitative estimate of drug-likeness (QED) is 0.883. The molecular weight excluding hydrogens is 221 g/mol. The van der Waals surface area contributed by atoms with Crippen LogP contribution in [-0.4, -0.2) is 16.1 Å². The molecule has 86 valence electrons. The number of carboxylic acid groups (broad SMARTS) is 1. The van der Waals surface area contributed by atoms with E-state index in [4.69, 9.17) is 5.11 Å². The lowest BCUT2D eigenvalue weighted by Crippen LogP contribution is -2.00. The SMILES string of the molecule is O=C(O)Cc1ccc(-c2cccc(F)c2)nc1. The number of benzene rings is 1. The molecule has 0 saturated carbocycles. The largest absolute Gasteiger partial charge is 0.481 e. The monoisotopic (exact) mass is 231 g/mol. The molecular formula is C13H10FNO2. The number of hydrogen-bond acceptors (Lipinski definition) is 2. The molecule has 17 heavy (non-hydrogen) atoms. The van der Waals surface area contributed by atoms with Gasteiger partial charge in [0.05, 0.1) is 12.1 Å². The lowest BCUT2D eigenvalue weighted by Gasteiger charge is -2.02. The van der Waals surface area contributed by atoms with Crippen molar-refractivity contribution < 1.29 is 14.3 Å². The molecule has 0 atom stereocenters. The van der Waals surface area contributed by atoms with E-state index in [9.17, 15) is 9.18 Å². The highest BCUT2D eigenvalue weighted by Gasteiger charge is 2.03. The Kier molecular flexibility index (Phi) is 3.14. The van der Waals surface area contributed by atoms with Crippen molar-refractivity contribution in [2.24, 2.45) is 0 Å². The molecule has 2 aromatic rings. The molecule has 1 N–H and O–H groups in total. The summed E-state index contributed by atoms with van der Waals surface area (Å²) >= 11 is 0. The van der Waals surface area contributed by atoms with Gasteiger partial charge in [0.2, 0.25) is 0 Å². The van der Waals surface area contributed by atoms with Gasteiger partial charge in [0, 0.05) is 11.8 Å². The van der Waals surface area contributed by atoms with Crippen LogP contribution in [0.3, 0.4) is 0 Å². The second kappa shape index (κ2) is 4.74. The smallest absolute Gasteiger partial charge is 0.307 e. The molecule has 4 heteroatoms. The molecule has 0 bridgehead atoms. The Morgan fingerprint density at radius 3 is 2.71 bits per heavy atom. The first kappa shape index (κ1) is 11.3. The number of rotatable bonds is 3. The summed E-state index contributed by atoms with van der Waals surface area (Å²) in [5.41, 5.74) is 1.92. The second-order valence-electron chi connectivity index (χ2n) is 3.63. The summed E-state index contributed by atoms with van der Waals surface area (Å²) in [4.78, 5) is 14.6. The zero-order valence-corrected chi connectivity index (χ0v) is 8.93. The molecule has 0 aliphatic heterocycles. The van der Waals surface area contributed by atoms with Gasteiger partial charge in [0.25, 0.3) is 0 Å². The van der Waals surface area contributed by atoms with Crippen molar-refractivity contribution in [3.63, 3.8) is 0 Å². The van der Waals surface area contributed by atoms with Crippen LogP contribution < -0.4 is 0 Å². The fourth-order valence-corrected chi connectivity index (χ4v) is 1.52. The van der Waals surface area contributed by atoms with Crippen LogP contribution in [0.2, 0.25) is 0 Å². The third kappa shape index (κ3) is 2.87. The Morgan fingerprint density at radius 1 is 1.29 bits per heavy atom. The molecule has 3 nitrogen and oxygen atoms in total. The lowest BCUT2D eigenvalue weighted by atomic mass is 10.1. The molecule has 0 fully saturated rings. The van der Waals surface area contributed by atoms with Gasteiger partial charge in [-0.3, -0.25) is 9.78 Å². The van der Waals surface area contributed by atoms with Crippen LogP contribution in [-0.2, 0) is 11.2 Å². The highest BCUT2D eigenvalue weighted by Crippen LogP contribution is 2.17. The molecule has 1 aromatic heterocycles. The van der Waals surface area contributed by atoms with E-state index in [1.165, 1.54) is 18.3 Å². The average molecular weight is 231 g/mol. The number of aliphatic carboxylic acids is 1. The fraction of sp³-hybridized carbons (Fsp3) is 0.0769. The van der Waals surface area contributed by atoms with Crippen molar-refractivity contribution in [3.05, 3.63) is 54.0 Å². The maximum atomic E-state index is 13.0. The number of hydrogen-bond donors (Lipinski definition) is 1. The highest BCUT2D eigenvalue weighted by atomic mass is 19.1. The lowest BCUT2D eigenvalue weighted by molar-refractivity contribution is -0.136. The molecule has 0 spiro atoms. The van der Waals surface area contributed by atoms with Gasteiger partial charge < -0.3 is 5.11 Å². The van der Waals surface area contributed by atoms with Gasteiger partial charge in [-0.2, -0.15) is 0 Å². The zero-order valence-electron chi connectivity index (χ0n) is 8.93. The first-order chi connectivity index (χ1) is 8.15. The van der Waals surface area contributed by atoms with Crippen LogP contribution in [0.5, 0.6) is 0 Å². The predicted octanol–water partition coefficient (Wildman–Crippen LogP) is 2.51. The molecule has 0 amide bonds. The summed E-state index contributed by atoms with van der Waals surface area (Å²) < 4.78 is 13.0. The Bertz CT molecular complexity index is 537. The van der Waals surface area contributed by atoms with Crippen molar-refractivity contribution in [1.82, 2.24) is 4.98 Å². The fourth-order valence-electron chi connectivity index (χ4n) is 1.52. The minimum atomic E-state index is -0.898. The maximum Gasteiger partial charge on any atom is 0.307 e. The van der Waals surface area contributed by atoms with E-state index in [2.05, 4.69) is 4.98 Å². The molecule has 1 aromatic carbocycles. The Morgan fingerprint density at radius 2 is 2.12 bits per heavy atom. The molecule has 0 aliphatic rings. The summed E-state index contributed by atoms with van der Waals surface area (Å²) in [6.45, 7) is 0. The van der Waals surface area contributed by atoms with E-state index in [1.54, 1.807) is 24.3 Å². The Balaban J connectivity index is 2.26. The van der Waals surface area contributed by atoms with E-state index >= 15 is 0 Å². The number of carbonyl (C=O) groups is 1. The van der Waals surface area contributed by atoms with Crippen LogP contribution in [0.4, 0.5) is 4.39 Å². The summed E-state index contributed by atoms with van der Waals surface area (Å²) in [5, 5.41) is 8.61. The first-order valence-electron chi connectivity index (χ1n) is 5.08. The van der Waals surface area contributed by atoms with Gasteiger partial charge in [0.15, 0.2) is 0 Å². The van der Waals surface area contributed by atoms with Crippen LogP contribution >= 0.6 is 0 Å². The van der Waals surface area contributed by atoms with E-state index in [1.807, 2.05) is 0 Å². The average Bonchev–Trinajstić information content (AvgIpc) is 2.29. The van der Waals surface area contributed by atoms with E-state index < -0.39 is 5.97 Å². The first-order valence-corrected chi connectivity index (χ1v) is 5.08. The van der Waals surface area contributed by atoms with E-state index in [0.717, 1.165) is 0 Å². The number of aromatic nitrogens is 1. The van der Waals surface area contributed by atoms with Crippen LogP contribution in [0.25, 0.3) is 11.3 Å². The highest BCUT2D eigenvalue weighted by molar-refractivity contribution is 5.70. The zero-order chi connectivity index (χ0) is 12.3. The second-order valence-corrected chi connectivity index (χ2v) is 3.63. The number of carboxylic acids is 1. The van der Waals surface area contributed by atoms with Gasteiger partial charge >= 0.3 is 5.97 Å². The minimum absolute atomic E-state index is 0.0591. The summed E-state index contributed by atoms with van der Waals surface area (Å²) in [6, 6.07) is 9.48. The third-order valence-corrected chi connectivity index (χ3v) is 2.30. The van der Waals surface area contributed by atoms with E-state index in [0.29, 0.717) is 16.8 Å². The summed E-state index contributed by atoms with van der Waals surface area (Å²) in [5.74, 6) is -1.22. The van der Waals surface area contributed by atoms with E-state index in [-0.39, 0.29) is 12.2 Å². The molecule has 1 heterocycles. The topological polar surface area (TPSA) is 50.2 Å². The Labute approximate surface area is 97.6 Å². The number of nitrogens with zero attached hydrogens (tertiary/aromatic N) is 1. The van der Waals surface area contributed by atoms with Crippen molar-refractivity contribution in [1.29, 1.82) is 0 Å². The van der Waals surface area contributed by atoms with Crippen molar-refractivity contribution >= 4 is 5.97 Å². The van der Waals surface area contributed by atoms with Crippen molar-refractivity contribution in [2.45, 2.75) is 6.42 Å². The van der Waals surface area contributed by atoms with Gasteiger partial charge in [-0.05, 0) is 23.8 Å². The molecule has 2 rings (SSSR count). The predicted molar refractivity (Wildman–Crippen MR) is 61.0 cm³/mol. The Hall–Kier alpha value is -2.23. The van der Waals surface area contributed by atoms with Gasteiger partial charge in [-0.15, -0.1) is 0 Å². The molecule has 0 saturated heterocycles. The van der Waals surface area contributed by atoms with Gasteiger partial charge in [0.1, 0.15) is 5.82 Å². The number of pyridine rings is 1. The maximum absolute atomic E-state index is 13.0. The summed E-state index contributed by atoms with van der Waals surface area (Å²) in [7, 11) is 0. The van der Waals surface area contributed by atoms with Crippen LogP contribution in [0, 0.1) is 5.82 Å². The molecule has 0 aliphatic carbocycles. The number of halogens is 1. The molecule has 0 radical (unpaired) electrons. The molecule has 0 unspecified atom stereocenters. The van der Waals surface area contributed by atoms with Crippen molar-refractivity contribution in [2.75, 3.05) is 0 Å². The van der Waals surface area contributed by atoms with Gasteiger partial charge in [-0.1, -0.05) is 18.2 Å². The minimum Gasteiger partial charge on any atom is -0.481 e. The summed E-state index contributed by atoms with van der Waals surface area (Å²) in [6.07, 6.45) is 1.44. The van der Waals surface area contributed by atoms with Gasteiger partial charge in [-0.25, -0.2) is 4.39 Å². The standard InChI is InChI=1S/C13H10FNO2/c14-11-3-1-2-10(7-11)12-5-4-9(8-15-12)6-13(16)17/h1-5,7-8H,6H2,(H,16,17). The van der Waals surface area contributed by atoms with Crippen LogP contribution in [0.1, 0.15) is 5.56 Å². The van der Waals surface area contributed by atoms with Crippen LogP contribution in [0.15, 0.2) is 42.6 Å². The van der Waals surface area contributed by atoms with Crippen molar-refractivity contribution in [3.8, 4) is 11.3 Å². The third-order valence-electron chi connectivity index (χ3n) is 2.30.